The number of hydrogen-bond acceptors (Lipinski definition) is 6. The molecule has 0 radical (unpaired) electrons. The summed E-state index contributed by atoms with van der Waals surface area (Å²) >= 11 is 0. The Morgan fingerprint density at radius 2 is 1.85 bits per heavy atom. The number of aliphatic hydroxyl groups is 1. The highest BCUT2D eigenvalue weighted by Crippen LogP contribution is 2.41. The summed E-state index contributed by atoms with van der Waals surface area (Å²) in [7, 11) is 1.55. The number of likely N-dealkylation sites (tertiary alicyclic amines) is 1. The number of ether oxygens (including phenoxy) is 2. The molecule has 0 aliphatic carbocycles. The van der Waals surface area contributed by atoms with Crippen molar-refractivity contribution < 1.29 is 24.2 Å². The van der Waals surface area contributed by atoms with E-state index in [1.165, 1.54) is 4.90 Å². The van der Waals surface area contributed by atoms with Crippen LogP contribution in [-0.4, -0.2) is 40.4 Å². The van der Waals surface area contributed by atoms with Gasteiger partial charge in [-0.1, -0.05) is 30.3 Å². The third kappa shape index (κ3) is 4.43. The van der Waals surface area contributed by atoms with Crippen LogP contribution in [-0.2, 0) is 16.1 Å². The smallest absolute Gasteiger partial charge is 0.295 e. The van der Waals surface area contributed by atoms with Crippen molar-refractivity contribution in [1.82, 2.24) is 9.88 Å². The SMILES string of the molecule is CCOc1cccc(/C(O)=C2/C(=O)C(=O)N(Cc3cccnc3)C2c2cccc(OC)c2)c1. The molecule has 7 nitrogen and oxygen atoms in total. The number of amides is 1. The first-order valence-corrected chi connectivity index (χ1v) is 10.6. The van der Waals surface area contributed by atoms with Gasteiger partial charge in [-0.2, -0.15) is 0 Å². The third-order valence-electron chi connectivity index (χ3n) is 5.44. The van der Waals surface area contributed by atoms with Gasteiger partial charge in [0.25, 0.3) is 11.7 Å². The molecule has 0 saturated carbocycles. The normalized spacial score (nSPS) is 17.3. The number of rotatable bonds is 7. The zero-order valence-corrected chi connectivity index (χ0v) is 18.4. The number of hydrogen-bond donors (Lipinski definition) is 1. The second-order valence-electron chi connectivity index (χ2n) is 7.53. The molecule has 0 spiro atoms. The van der Waals surface area contributed by atoms with Crippen molar-refractivity contribution in [3.63, 3.8) is 0 Å². The molecule has 3 aromatic rings. The summed E-state index contributed by atoms with van der Waals surface area (Å²) in [6.45, 7) is 2.48. The van der Waals surface area contributed by atoms with E-state index in [1.54, 1.807) is 74.1 Å². The van der Waals surface area contributed by atoms with Gasteiger partial charge in [-0.25, -0.2) is 0 Å². The Morgan fingerprint density at radius 1 is 1.06 bits per heavy atom. The van der Waals surface area contributed by atoms with Crippen molar-refractivity contribution in [2.24, 2.45) is 0 Å². The van der Waals surface area contributed by atoms with Crippen molar-refractivity contribution in [3.05, 3.63) is 95.3 Å². The molecular weight excluding hydrogens is 420 g/mol. The van der Waals surface area contributed by atoms with Crippen LogP contribution in [0, 0.1) is 0 Å². The fourth-order valence-corrected chi connectivity index (χ4v) is 3.94. The molecule has 1 unspecified atom stereocenters. The highest BCUT2D eigenvalue weighted by Gasteiger charge is 2.46. The fraction of sp³-hybridized carbons (Fsp3) is 0.192. The Bertz CT molecular complexity index is 1210. The van der Waals surface area contributed by atoms with E-state index < -0.39 is 17.7 Å². The minimum absolute atomic E-state index is 0.0193. The fourth-order valence-electron chi connectivity index (χ4n) is 3.94. The van der Waals surface area contributed by atoms with Gasteiger partial charge in [0.2, 0.25) is 0 Å². The van der Waals surface area contributed by atoms with Gasteiger partial charge in [0.1, 0.15) is 17.3 Å². The van der Waals surface area contributed by atoms with Crippen LogP contribution in [0.5, 0.6) is 11.5 Å². The number of nitrogens with zero attached hydrogens (tertiary/aromatic N) is 2. The second-order valence-corrected chi connectivity index (χ2v) is 7.53. The van der Waals surface area contributed by atoms with E-state index in [9.17, 15) is 14.7 Å². The predicted octanol–water partition coefficient (Wildman–Crippen LogP) is 4.11. The van der Waals surface area contributed by atoms with Gasteiger partial charge < -0.3 is 19.5 Å². The van der Waals surface area contributed by atoms with E-state index in [2.05, 4.69) is 4.98 Å². The maximum Gasteiger partial charge on any atom is 0.295 e. The van der Waals surface area contributed by atoms with Crippen LogP contribution >= 0.6 is 0 Å². The molecule has 2 heterocycles. The highest BCUT2D eigenvalue weighted by atomic mass is 16.5. The summed E-state index contributed by atoms with van der Waals surface area (Å²) in [5, 5.41) is 11.2. The third-order valence-corrected chi connectivity index (χ3v) is 5.44. The standard InChI is InChI=1S/C26H24N2O5/c1-3-33-21-11-5-9-19(14-21)24(29)22-23(18-8-4-10-20(13-18)32-2)28(26(31)25(22)30)16-17-7-6-12-27-15-17/h4-15,23,29H,3,16H2,1-2H3/b24-22-. The van der Waals surface area contributed by atoms with E-state index in [0.29, 0.717) is 29.2 Å². The van der Waals surface area contributed by atoms with E-state index in [-0.39, 0.29) is 17.9 Å². The summed E-state index contributed by atoms with van der Waals surface area (Å²) in [4.78, 5) is 31.9. The number of aromatic nitrogens is 1. The Morgan fingerprint density at radius 3 is 2.58 bits per heavy atom. The molecule has 1 saturated heterocycles. The molecular formula is C26H24N2O5. The lowest BCUT2D eigenvalue weighted by atomic mass is 9.95. The van der Waals surface area contributed by atoms with Gasteiger partial charge in [0, 0.05) is 24.5 Å². The van der Waals surface area contributed by atoms with Crippen LogP contribution < -0.4 is 9.47 Å². The molecule has 1 aliphatic heterocycles. The van der Waals surface area contributed by atoms with Crippen molar-refractivity contribution in [2.45, 2.75) is 19.5 Å². The number of Topliss-reactive ketones (excluding diaryl/α,β-unsaturated/α-hetero) is 1. The number of pyridine rings is 1. The van der Waals surface area contributed by atoms with Crippen LogP contribution in [0.1, 0.15) is 29.7 Å². The molecule has 1 atom stereocenters. The number of ketones is 1. The maximum absolute atomic E-state index is 13.2. The van der Waals surface area contributed by atoms with Crippen LogP contribution in [0.2, 0.25) is 0 Å². The topological polar surface area (TPSA) is 89.0 Å². The largest absolute Gasteiger partial charge is 0.507 e. The molecule has 33 heavy (non-hydrogen) atoms. The van der Waals surface area contributed by atoms with Crippen LogP contribution in [0.3, 0.4) is 0 Å². The first-order chi connectivity index (χ1) is 16.0. The summed E-state index contributed by atoms with van der Waals surface area (Å²) < 4.78 is 10.9. The van der Waals surface area contributed by atoms with Gasteiger partial charge in [-0.05, 0) is 48.4 Å². The van der Waals surface area contributed by atoms with E-state index >= 15 is 0 Å². The van der Waals surface area contributed by atoms with Crippen molar-refractivity contribution >= 4 is 17.4 Å². The van der Waals surface area contributed by atoms with Crippen molar-refractivity contribution in [2.75, 3.05) is 13.7 Å². The molecule has 1 fully saturated rings. The predicted molar refractivity (Wildman–Crippen MR) is 123 cm³/mol. The van der Waals surface area contributed by atoms with Gasteiger partial charge >= 0.3 is 0 Å². The summed E-state index contributed by atoms with van der Waals surface area (Å²) in [6, 6.07) is 16.8. The molecule has 1 amide bonds. The molecule has 1 aliphatic rings. The highest BCUT2D eigenvalue weighted by molar-refractivity contribution is 6.46. The van der Waals surface area contributed by atoms with Gasteiger partial charge in [0.15, 0.2) is 0 Å². The van der Waals surface area contributed by atoms with Gasteiger partial charge in [-0.15, -0.1) is 0 Å². The van der Waals surface area contributed by atoms with Gasteiger partial charge in [-0.3, -0.25) is 14.6 Å². The van der Waals surface area contributed by atoms with E-state index in [0.717, 1.165) is 5.56 Å². The van der Waals surface area contributed by atoms with Gasteiger partial charge in [0.05, 0.1) is 25.3 Å². The lowest BCUT2D eigenvalue weighted by Gasteiger charge is -2.25. The summed E-state index contributed by atoms with van der Waals surface area (Å²) in [6.07, 6.45) is 3.29. The number of aliphatic hydroxyl groups excluding tert-OH is 1. The van der Waals surface area contributed by atoms with Crippen LogP contribution in [0.25, 0.3) is 5.76 Å². The van der Waals surface area contributed by atoms with Crippen LogP contribution in [0.15, 0.2) is 78.6 Å². The summed E-state index contributed by atoms with van der Waals surface area (Å²) in [5.41, 5.74) is 1.84. The zero-order chi connectivity index (χ0) is 23.4. The number of methoxy groups -OCH3 is 1. The minimum Gasteiger partial charge on any atom is -0.507 e. The molecule has 0 bridgehead atoms. The molecule has 168 valence electrons. The second kappa shape index (κ2) is 9.56. The Balaban J connectivity index is 1.86. The molecule has 4 rings (SSSR count). The van der Waals surface area contributed by atoms with Crippen molar-refractivity contribution in [1.29, 1.82) is 0 Å². The minimum atomic E-state index is -0.795. The first-order valence-electron chi connectivity index (χ1n) is 10.6. The molecule has 1 N–H and O–H groups in total. The quantitative estimate of drug-likeness (QED) is 0.335. The van der Waals surface area contributed by atoms with Crippen LogP contribution in [0.4, 0.5) is 0 Å². The van der Waals surface area contributed by atoms with E-state index in [4.69, 9.17) is 9.47 Å². The average Bonchev–Trinajstić information content (AvgIpc) is 3.09. The van der Waals surface area contributed by atoms with E-state index in [1.807, 2.05) is 13.0 Å². The van der Waals surface area contributed by atoms with Crippen molar-refractivity contribution in [3.8, 4) is 11.5 Å². The molecule has 2 aromatic carbocycles. The first kappa shape index (κ1) is 22.1. The number of carbonyl (C=O) groups is 2. The number of benzene rings is 2. The lowest BCUT2D eigenvalue weighted by molar-refractivity contribution is -0.140. The lowest BCUT2D eigenvalue weighted by Crippen LogP contribution is -2.29. The monoisotopic (exact) mass is 444 g/mol. The Kier molecular flexibility index (Phi) is 6.40. The Hall–Kier alpha value is -4.13. The molecule has 1 aromatic heterocycles. The maximum atomic E-state index is 13.2. The number of carbonyl (C=O) groups excluding carboxylic acids is 2. The summed E-state index contributed by atoms with van der Waals surface area (Å²) in [5.74, 6) is -0.543. The molecule has 7 heteroatoms. The Labute approximate surface area is 191 Å². The zero-order valence-electron chi connectivity index (χ0n) is 18.4. The average molecular weight is 444 g/mol.